The molecule has 0 bridgehead atoms. The van der Waals surface area contributed by atoms with Crippen molar-refractivity contribution < 1.29 is 9.84 Å². The fraction of sp³-hybridized carbons (Fsp3) is 1.00. The summed E-state index contributed by atoms with van der Waals surface area (Å²) in [6.45, 7) is 2.26. The van der Waals surface area contributed by atoms with Gasteiger partial charge in [0.15, 0.2) is 0 Å². The first-order valence-electron chi connectivity index (χ1n) is 8.35. The Morgan fingerprint density at radius 2 is 1.58 bits per heavy atom. The first kappa shape index (κ1) is 15.3. The summed E-state index contributed by atoms with van der Waals surface area (Å²) in [7, 11) is 0. The quantitative estimate of drug-likeness (QED) is 0.747. The summed E-state index contributed by atoms with van der Waals surface area (Å²) in [4.78, 5) is 0. The topological polar surface area (TPSA) is 41.5 Å². The third kappa shape index (κ3) is 6.24. The Kier molecular flexibility index (Phi) is 7.18. The third-order valence-electron chi connectivity index (χ3n) is 4.61. The fourth-order valence-electron chi connectivity index (χ4n) is 3.38. The second kappa shape index (κ2) is 8.93. The van der Waals surface area contributed by atoms with Gasteiger partial charge in [-0.25, -0.2) is 0 Å². The van der Waals surface area contributed by atoms with Crippen molar-refractivity contribution in [2.45, 2.75) is 76.4 Å². The summed E-state index contributed by atoms with van der Waals surface area (Å²) < 4.78 is 5.80. The standard InChI is InChI=1S/C16H31NO2/c18-15(13-19-16-9-5-2-6-10-16)12-17-11-14-7-3-1-4-8-14/h14-18H,1-13H2. The first-order valence-corrected chi connectivity index (χ1v) is 8.35. The van der Waals surface area contributed by atoms with E-state index in [-0.39, 0.29) is 6.10 Å². The zero-order valence-corrected chi connectivity index (χ0v) is 12.3. The van der Waals surface area contributed by atoms with Crippen molar-refractivity contribution in [3.63, 3.8) is 0 Å². The van der Waals surface area contributed by atoms with Crippen molar-refractivity contribution in [2.24, 2.45) is 5.92 Å². The minimum absolute atomic E-state index is 0.342. The molecule has 2 saturated carbocycles. The number of hydrogen-bond acceptors (Lipinski definition) is 3. The lowest BCUT2D eigenvalue weighted by Gasteiger charge is -2.25. The zero-order valence-electron chi connectivity index (χ0n) is 12.3. The molecule has 19 heavy (non-hydrogen) atoms. The molecule has 0 spiro atoms. The summed E-state index contributed by atoms with van der Waals surface area (Å²) in [5.41, 5.74) is 0. The Hall–Kier alpha value is -0.120. The Morgan fingerprint density at radius 3 is 2.26 bits per heavy atom. The van der Waals surface area contributed by atoms with Crippen LogP contribution in [0.4, 0.5) is 0 Å². The van der Waals surface area contributed by atoms with E-state index in [1.54, 1.807) is 0 Å². The van der Waals surface area contributed by atoms with Crippen molar-refractivity contribution in [1.29, 1.82) is 0 Å². The Morgan fingerprint density at radius 1 is 0.947 bits per heavy atom. The number of rotatable bonds is 7. The van der Waals surface area contributed by atoms with Gasteiger partial charge in [0.1, 0.15) is 0 Å². The molecule has 0 aromatic carbocycles. The molecule has 0 amide bonds. The number of aliphatic hydroxyl groups excluding tert-OH is 1. The van der Waals surface area contributed by atoms with Crippen LogP contribution in [0.1, 0.15) is 64.2 Å². The molecule has 3 nitrogen and oxygen atoms in total. The van der Waals surface area contributed by atoms with E-state index in [1.165, 1.54) is 64.2 Å². The van der Waals surface area contributed by atoms with E-state index >= 15 is 0 Å². The van der Waals surface area contributed by atoms with Gasteiger partial charge in [-0.15, -0.1) is 0 Å². The summed E-state index contributed by atoms with van der Waals surface area (Å²) >= 11 is 0. The average Bonchev–Trinajstić information content (AvgIpc) is 2.47. The monoisotopic (exact) mass is 269 g/mol. The maximum Gasteiger partial charge on any atom is 0.0897 e. The van der Waals surface area contributed by atoms with Crippen molar-refractivity contribution in [1.82, 2.24) is 5.32 Å². The molecule has 2 N–H and O–H groups in total. The second-order valence-electron chi connectivity index (χ2n) is 6.41. The molecule has 0 saturated heterocycles. The van der Waals surface area contributed by atoms with Crippen molar-refractivity contribution in [2.75, 3.05) is 19.7 Å². The lowest BCUT2D eigenvalue weighted by Crippen LogP contribution is -2.35. The van der Waals surface area contributed by atoms with Gasteiger partial charge in [0.05, 0.1) is 18.8 Å². The average molecular weight is 269 g/mol. The van der Waals surface area contributed by atoms with E-state index in [1.807, 2.05) is 0 Å². The molecule has 1 unspecified atom stereocenters. The molecule has 3 heteroatoms. The third-order valence-corrected chi connectivity index (χ3v) is 4.61. The molecule has 0 radical (unpaired) electrons. The smallest absolute Gasteiger partial charge is 0.0897 e. The molecule has 2 fully saturated rings. The molecule has 112 valence electrons. The number of aliphatic hydroxyl groups is 1. The molecular formula is C16H31NO2. The van der Waals surface area contributed by atoms with Crippen LogP contribution in [0, 0.1) is 5.92 Å². The molecule has 0 aliphatic heterocycles. The molecule has 2 aliphatic carbocycles. The summed E-state index contributed by atoms with van der Waals surface area (Å²) in [5, 5.41) is 13.3. The van der Waals surface area contributed by atoms with Gasteiger partial charge in [-0.3, -0.25) is 0 Å². The highest BCUT2D eigenvalue weighted by molar-refractivity contribution is 4.70. The Balaban J connectivity index is 1.47. The van der Waals surface area contributed by atoms with E-state index < -0.39 is 0 Å². The maximum atomic E-state index is 9.92. The Bertz CT molecular complexity index is 223. The van der Waals surface area contributed by atoms with E-state index in [0.29, 0.717) is 19.3 Å². The molecule has 2 rings (SSSR count). The highest BCUT2D eigenvalue weighted by Gasteiger charge is 2.16. The summed E-state index contributed by atoms with van der Waals surface area (Å²) in [6, 6.07) is 0. The number of hydrogen-bond donors (Lipinski definition) is 2. The van der Waals surface area contributed by atoms with Gasteiger partial charge in [0.25, 0.3) is 0 Å². The lowest BCUT2D eigenvalue weighted by molar-refractivity contribution is -0.0231. The second-order valence-corrected chi connectivity index (χ2v) is 6.41. The highest BCUT2D eigenvalue weighted by atomic mass is 16.5. The normalized spacial score (nSPS) is 24.5. The van der Waals surface area contributed by atoms with Crippen LogP contribution in [-0.2, 0) is 4.74 Å². The largest absolute Gasteiger partial charge is 0.389 e. The van der Waals surface area contributed by atoms with Gasteiger partial charge in [0.2, 0.25) is 0 Å². The van der Waals surface area contributed by atoms with Gasteiger partial charge in [0, 0.05) is 6.54 Å². The van der Waals surface area contributed by atoms with Crippen molar-refractivity contribution in [3.05, 3.63) is 0 Å². The van der Waals surface area contributed by atoms with E-state index in [0.717, 1.165) is 12.5 Å². The SMILES string of the molecule is OC(CNCC1CCCCC1)COC1CCCCC1. The van der Waals surface area contributed by atoms with Gasteiger partial charge < -0.3 is 15.2 Å². The predicted molar refractivity (Wildman–Crippen MR) is 78.3 cm³/mol. The van der Waals surface area contributed by atoms with Crippen LogP contribution in [-0.4, -0.2) is 37.0 Å². The van der Waals surface area contributed by atoms with Crippen LogP contribution in [0.3, 0.4) is 0 Å². The molecule has 0 aromatic rings. The van der Waals surface area contributed by atoms with Crippen LogP contribution in [0.15, 0.2) is 0 Å². The van der Waals surface area contributed by atoms with Crippen LogP contribution in [0.5, 0.6) is 0 Å². The van der Waals surface area contributed by atoms with E-state index in [4.69, 9.17) is 4.74 Å². The summed E-state index contributed by atoms with van der Waals surface area (Å²) in [5.74, 6) is 0.834. The zero-order chi connectivity index (χ0) is 13.3. The maximum absolute atomic E-state index is 9.92. The van der Waals surface area contributed by atoms with Gasteiger partial charge in [-0.2, -0.15) is 0 Å². The fourth-order valence-corrected chi connectivity index (χ4v) is 3.38. The van der Waals surface area contributed by atoms with Crippen LogP contribution < -0.4 is 5.32 Å². The lowest BCUT2D eigenvalue weighted by atomic mass is 9.89. The van der Waals surface area contributed by atoms with Crippen molar-refractivity contribution in [3.8, 4) is 0 Å². The van der Waals surface area contributed by atoms with Gasteiger partial charge in [-0.05, 0) is 38.1 Å². The predicted octanol–water partition coefficient (Wildman–Crippen LogP) is 2.87. The molecule has 0 aromatic heterocycles. The summed E-state index contributed by atoms with van der Waals surface area (Å²) in [6.07, 6.45) is 13.3. The van der Waals surface area contributed by atoms with Gasteiger partial charge >= 0.3 is 0 Å². The molecule has 2 aliphatic rings. The van der Waals surface area contributed by atoms with Crippen LogP contribution in [0.25, 0.3) is 0 Å². The Labute approximate surface area is 118 Å². The minimum Gasteiger partial charge on any atom is -0.389 e. The van der Waals surface area contributed by atoms with Gasteiger partial charge in [-0.1, -0.05) is 38.5 Å². The van der Waals surface area contributed by atoms with E-state index in [9.17, 15) is 5.11 Å². The van der Waals surface area contributed by atoms with Crippen LogP contribution in [0.2, 0.25) is 0 Å². The minimum atomic E-state index is -0.342. The van der Waals surface area contributed by atoms with Crippen molar-refractivity contribution >= 4 is 0 Å². The first-order chi connectivity index (χ1) is 9.34. The molecular weight excluding hydrogens is 238 g/mol. The molecule has 1 atom stereocenters. The molecule has 0 heterocycles. The number of ether oxygens (including phenoxy) is 1. The highest BCUT2D eigenvalue weighted by Crippen LogP contribution is 2.23. The number of nitrogens with one attached hydrogen (secondary N) is 1. The van der Waals surface area contributed by atoms with Crippen LogP contribution >= 0.6 is 0 Å². The van der Waals surface area contributed by atoms with E-state index in [2.05, 4.69) is 5.32 Å².